The Balaban J connectivity index is 0.000000395. The third-order valence-corrected chi connectivity index (χ3v) is 6.09. The summed E-state index contributed by atoms with van der Waals surface area (Å²) >= 11 is 11.7. The minimum atomic E-state index is -0.377. The van der Waals surface area contributed by atoms with Crippen LogP contribution in [0.3, 0.4) is 0 Å². The van der Waals surface area contributed by atoms with E-state index in [-0.39, 0.29) is 22.9 Å². The summed E-state index contributed by atoms with van der Waals surface area (Å²) in [6.45, 7) is 11.8. The van der Waals surface area contributed by atoms with E-state index in [1.807, 2.05) is 13.0 Å². The van der Waals surface area contributed by atoms with Crippen molar-refractivity contribution in [2.24, 2.45) is 5.41 Å². The molecule has 0 heterocycles. The van der Waals surface area contributed by atoms with Crippen LogP contribution in [0.5, 0.6) is 0 Å². The number of halogens is 3. The molecule has 212 valence electrons. The van der Waals surface area contributed by atoms with E-state index in [0.29, 0.717) is 47.2 Å². The van der Waals surface area contributed by atoms with Crippen molar-refractivity contribution in [3.8, 4) is 0 Å². The van der Waals surface area contributed by atoms with Crippen LogP contribution in [-0.4, -0.2) is 36.6 Å². The molecule has 4 N–H and O–H groups in total. The summed E-state index contributed by atoms with van der Waals surface area (Å²) in [5, 5.41) is 18.3. The summed E-state index contributed by atoms with van der Waals surface area (Å²) in [6, 6.07) is 10.6. The van der Waals surface area contributed by atoms with Crippen LogP contribution in [0.2, 0.25) is 10.0 Å². The Morgan fingerprint density at radius 1 is 1.05 bits per heavy atom. The average molecular weight is 571 g/mol. The first-order valence-corrected chi connectivity index (χ1v) is 13.6. The first kappa shape index (κ1) is 33.8. The molecule has 2 amide bonds. The number of amides is 2. The molecule has 0 unspecified atom stereocenters. The van der Waals surface area contributed by atoms with Crippen LogP contribution in [0.1, 0.15) is 77.3 Å². The highest BCUT2D eigenvalue weighted by Crippen LogP contribution is 2.25. The van der Waals surface area contributed by atoms with Gasteiger partial charge in [0.1, 0.15) is 5.82 Å². The maximum Gasteiger partial charge on any atom is 0.211 e. The van der Waals surface area contributed by atoms with E-state index in [0.717, 1.165) is 37.7 Å². The maximum absolute atomic E-state index is 14.0. The molecule has 9 heteroatoms. The highest BCUT2D eigenvalue weighted by Gasteiger charge is 2.18. The second-order valence-corrected chi connectivity index (χ2v) is 11.9. The number of aliphatic hydroxyl groups is 1. The Bertz CT molecular complexity index is 988. The standard InChI is InChI=1S/C17H17Cl2FN2O.C7H13NO2.C5H12/c1-11(14-3-2-4-15(19)17(14)20)8-21-9-12-5-6-13(18)7-16(12)22-10-23;9-5-8-6-1-3-7(10)4-2-6;1-5(2,3)4/h2-7,10-11,21H,8-9H2,1H3,(H,22,23);5-7,10H,1-4H2,(H,8,9);1-4H3/t11-;;/m1../s1. The fourth-order valence-electron chi connectivity index (χ4n) is 3.67. The quantitative estimate of drug-likeness (QED) is 0.253. The third-order valence-electron chi connectivity index (χ3n) is 5.57. The monoisotopic (exact) mass is 569 g/mol. The molecular formula is C29H42Cl2FN3O3. The van der Waals surface area contributed by atoms with Crippen molar-refractivity contribution >= 4 is 41.7 Å². The number of carbonyl (C=O) groups excluding carboxylic acids is 2. The van der Waals surface area contributed by atoms with Crippen molar-refractivity contribution in [1.29, 1.82) is 0 Å². The number of carbonyl (C=O) groups is 2. The Hall–Kier alpha value is -2.19. The van der Waals surface area contributed by atoms with Gasteiger partial charge in [0.25, 0.3) is 0 Å². The summed E-state index contributed by atoms with van der Waals surface area (Å²) in [6.07, 6.45) is 4.70. The first-order valence-electron chi connectivity index (χ1n) is 12.9. The van der Waals surface area contributed by atoms with E-state index < -0.39 is 0 Å². The zero-order valence-corrected chi connectivity index (χ0v) is 24.5. The van der Waals surface area contributed by atoms with Gasteiger partial charge in [-0.3, -0.25) is 9.59 Å². The van der Waals surface area contributed by atoms with Gasteiger partial charge in [0, 0.05) is 29.8 Å². The molecule has 1 saturated carbocycles. The molecule has 0 bridgehead atoms. The number of hydrogen-bond donors (Lipinski definition) is 4. The Kier molecular flexibility index (Phi) is 15.5. The number of nitrogens with one attached hydrogen (secondary N) is 3. The van der Waals surface area contributed by atoms with E-state index in [2.05, 4.69) is 43.6 Å². The van der Waals surface area contributed by atoms with E-state index in [4.69, 9.17) is 28.3 Å². The Morgan fingerprint density at radius 3 is 2.26 bits per heavy atom. The van der Waals surface area contributed by atoms with Gasteiger partial charge in [0.15, 0.2) is 0 Å². The van der Waals surface area contributed by atoms with Crippen molar-refractivity contribution in [3.05, 3.63) is 63.4 Å². The Labute approximate surface area is 236 Å². The van der Waals surface area contributed by atoms with Gasteiger partial charge in [0.05, 0.1) is 11.1 Å². The van der Waals surface area contributed by atoms with E-state index in [1.165, 1.54) is 6.07 Å². The van der Waals surface area contributed by atoms with Gasteiger partial charge in [-0.1, -0.05) is 76.0 Å². The van der Waals surface area contributed by atoms with Crippen molar-refractivity contribution in [2.75, 3.05) is 11.9 Å². The highest BCUT2D eigenvalue weighted by atomic mass is 35.5. The van der Waals surface area contributed by atoms with Crippen molar-refractivity contribution in [2.45, 2.75) is 84.9 Å². The molecule has 3 rings (SSSR count). The van der Waals surface area contributed by atoms with E-state index in [1.54, 1.807) is 24.3 Å². The molecule has 1 aliphatic carbocycles. The van der Waals surface area contributed by atoms with Crippen LogP contribution in [0, 0.1) is 11.2 Å². The molecule has 1 aliphatic rings. The van der Waals surface area contributed by atoms with Crippen LogP contribution >= 0.6 is 23.2 Å². The molecule has 38 heavy (non-hydrogen) atoms. The topological polar surface area (TPSA) is 90.5 Å². The fraction of sp³-hybridized carbons (Fsp3) is 0.517. The van der Waals surface area contributed by atoms with E-state index >= 15 is 0 Å². The molecule has 1 fully saturated rings. The fourth-order valence-corrected chi connectivity index (χ4v) is 4.03. The second-order valence-electron chi connectivity index (χ2n) is 11.0. The summed E-state index contributed by atoms with van der Waals surface area (Å²) in [7, 11) is 0. The number of rotatable bonds is 9. The molecule has 0 radical (unpaired) electrons. The smallest absolute Gasteiger partial charge is 0.211 e. The first-order chi connectivity index (χ1) is 17.8. The molecular weight excluding hydrogens is 528 g/mol. The van der Waals surface area contributed by atoms with Gasteiger partial charge in [-0.15, -0.1) is 0 Å². The van der Waals surface area contributed by atoms with Crippen molar-refractivity contribution in [3.63, 3.8) is 0 Å². The van der Waals surface area contributed by atoms with Crippen LogP contribution < -0.4 is 16.0 Å². The van der Waals surface area contributed by atoms with Gasteiger partial charge < -0.3 is 21.1 Å². The minimum Gasteiger partial charge on any atom is -0.393 e. The summed E-state index contributed by atoms with van der Waals surface area (Å²) < 4.78 is 14.0. The Morgan fingerprint density at radius 2 is 1.68 bits per heavy atom. The molecule has 0 aliphatic heterocycles. The van der Waals surface area contributed by atoms with E-state index in [9.17, 15) is 14.0 Å². The van der Waals surface area contributed by atoms with Crippen molar-refractivity contribution in [1.82, 2.24) is 10.6 Å². The lowest BCUT2D eigenvalue weighted by Gasteiger charge is -2.24. The summed E-state index contributed by atoms with van der Waals surface area (Å²) in [4.78, 5) is 20.6. The molecule has 0 saturated heterocycles. The molecule has 2 aromatic carbocycles. The zero-order valence-electron chi connectivity index (χ0n) is 23.0. The predicted octanol–water partition coefficient (Wildman–Crippen LogP) is 6.68. The number of aliphatic hydroxyl groups excluding tert-OH is 1. The van der Waals surface area contributed by atoms with Gasteiger partial charge in [-0.05, 0) is 66.3 Å². The third kappa shape index (κ3) is 14.1. The molecule has 0 spiro atoms. The molecule has 6 nitrogen and oxygen atoms in total. The number of anilines is 1. The zero-order chi connectivity index (χ0) is 28.7. The second kappa shape index (κ2) is 17.4. The maximum atomic E-state index is 14.0. The van der Waals surface area contributed by atoms with Crippen LogP contribution in [-0.2, 0) is 16.1 Å². The predicted molar refractivity (Wildman–Crippen MR) is 155 cm³/mol. The normalized spacial score (nSPS) is 17.6. The summed E-state index contributed by atoms with van der Waals surface area (Å²) in [5.41, 5.74) is 2.63. The molecule has 0 aromatic heterocycles. The van der Waals surface area contributed by atoms with Gasteiger partial charge in [-0.2, -0.15) is 0 Å². The van der Waals surface area contributed by atoms with Gasteiger partial charge in [-0.25, -0.2) is 4.39 Å². The van der Waals surface area contributed by atoms with Crippen molar-refractivity contribution < 1.29 is 19.1 Å². The molecule has 2 aromatic rings. The minimum absolute atomic E-state index is 0.0384. The van der Waals surface area contributed by atoms with Crippen LogP contribution in [0.4, 0.5) is 10.1 Å². The SMILES string of the molecule is CC(C)(C)C.C[C@H](CNCc1ccc(Cl)cc1NC=O)c1cccc(Cl)c1F.O=CNC1CCC(O)CC1. The van der Waals surface area contributed by atoms with Gasteiger partial charge >= 0.3 is 0 Å². The largest absolute Gasteiger partial charge is 0.393 e. The highest BCUT2D eigenvalue weighted by molar-refractivity contribution is 6.31. The number of hydrogen-bond acceptors (Lipinski definition) is 4. The van der Waals surface area contributed by atoms with Gasteiger partial charge in [0.2, 0.25) is 12.8 Å². The lowest BCUT2D eigenvalue weighted by atomic mass is 9.93. The lowest BCUT2D eigenvalue weighted by molar-refractivity contribution is -0.110. The lowest BCUT2D eigenvalue weighted by Crippen LogP contribution is -2.33. The van der Waals surface area contributed by atoms with Crippen LogP contribution in [0.15, 0.2) is 36.4 Å². The molecule has 1 atom stereocenters. The summed E-state index contributed by atoms with van der Waals surface area (Å²) in [5.74, 6) is -0.415. The van der Waals surface area contributed by atoms with Crippen LogP contribution in [0.25, 0.3) is 0 Å². The average Bonchev–Trinajstić information content (AvgIpc) is 2.83. The number of benzene rings is 2.